The Morgan fingerprint density at radius 1 is 1.22 bits per heavy atom. The molecule has 1 heterocycles. The molecule has 0 saturated heterocycles. The molecule has 1 aromatic carbocycles. The molecule has 0 aliphatic carbocycles. The molecule has 1 aliphatic heterocycles. The van der Waals surface area contributed by atoms with Crippen molar-refractivity contribution < 1.29 is 8.78 Å². The summed E-state index contributed by atoms with van der Waals surface area (Å²) in [5.74, 6) is -1.00. The van der Waals surface area contributed by atoms with Gasteiger partial charge >= 0.3 is 0 Å². The molecule has 0 fully saturated rings. The minimum atomic E-state index is -0.502. The fraction of sp³-hybridized carbons (Fsp3) is 0.333. The van der Waals surface area contributed by atoms with E-state index >= 15 is 0 Å². The van der Waals surface area contributed by atoms with Gasteiger partial charge in [0.15, 0.2) is 0 Å². The third-order valence-corrected chi connectivity index (χ3v) is 3.20. The number of hydrogen-bond donors (Lipinski definition) is 0. The molecule has 0 atom stereocenters. The zero-order valence-electron chi connectivity index (χ0n) is 10.7. The van der Waals surface area contributed by atoms with Gasteiger partial charge in [-0.05, 0) is 38.0 Å². The number of nitrogens with zero attached hydrogens (tertiary/aromatic N) is 1. The fourth-order valence-electron chi connectivity index (χ4n) is 2.33. The molecule has 0 spiro atoms. The van der Waals surface area contributed by atoms with Gasteiger partial charge in [-0.25, -0.2) is 8.78 Å². The summed E-state index contributed by atoms with van der Waals surface area (Å²) in [7, 11) is 0. The highest BCUT2D eigenvalue weighted by atomic mass is 19.1. The molecular weight excluding hydrogens is 232 g/mol. The van der Waals surface area contributed by atoms with Gasteiger partial charge in [-0.2, -0.15) is 0 Å². The Balaban J connectivity index is 2.61. The first kappa shape index (κ1) is 12.8. The normalized spacial score (nSPS) is 16.1. The Morgan fingerprint density at radius 2 is 1.89 bits per heavy atom. The summed E-state index contributed by atoms with van der Waals surface area (Å²) in [6, 6.07) is 4.01. The predicted molar refractivity (Wildman–Crippen MR) is 70.0 cm³/mol. The van der Waals surface area contributed by atoms with Gasteiger partial charge in [-0.3, -0.25) is 0 Å². The van der Waals surface area contributed by atoms with Crippen LogP contribution in [-0.2, 0) is 0 Å². The van der Waals surface area contributed by atoms with E-state index in [1.54, 1.807) is 0 Å². The number of halogens is 2. The highest BCUT2D eigenvalue weighted by Gasteiger charge is 2.20. The number of rotatable bonds is 2. The summed E-state index contributed by atoms with van der Waals surface area (Å²) in [5, 5.41) is 0. The fourth-order valence-corrected chi connectivity index (χ4v) is 2.33. The lowest BCUT2D eigenvalue weighted by Gasteiger charge is -2.26. The van der Waals surface area contributed by atoms with Crippen LogP contribution in [0.1, 0.15) is 25.8 Å². The van der Waals surface area contributed by atoms with Crippen molar-refractivity contribution >= 4 is 5.70 Å². The van der Waals surface area contributed by atoms with Crippen LogP contribution in [0, 0.1) is 11.6 Å². The molecule has 18 heavy (non-hydrogen) atoms. The number of hydrogen-bond acceptors (Lipinski definition) is 1. The van der Waals surface area contributed by atoms with Crippen LogP contribution in [0.25, 0.3) is 5.70 Å². The van der Waals surface area contributed by atoms with Gasteiger partial charge in [0.2, 0.25) is 0 Å². The van der Waals surface area contributed by atoms with Gasteiger partial charge in [0.05, 0.1) is 11.3 Å². The topological polar surface area (TPSA) is 3.24 Å². The molecule has 0 N–H and O–H groups in total. The van der Waals surface area contributed by atoms with Gasteiger partial charge in [0.1, 0.15) is 11.6 Å². The molecule has 1 aromatic rings. The maximum atomic E-state index is 13.9. The van der Waals surface area contributed by atoms with E-state index in [1.807, 2.05) is 30.9 Å². The SMILES string of the molecule is CCN1CCC=CC(C)=C1c1c(F)cccc1F. The summed E-state index contributed by atoms with van der Waals surface area (Å²) < 4.78 is 27.9. The first-order chi connectivity index (χ1) is 8.65. The monoisotopic (exact) mass is 249 g/mol. The van der Waals surface area contributed by atoms with E-state index in [4.69, 9.17) is 0 Å². The average molecular weight is 249 g/mol. The molecule has 0 aromatic heterocycles. The lowest BCUT2D eigenvalue weighted by molar-refractivity contribution is 0.419. The Kier molecular flexibility index (Phi) is 3.80. The van der Waals surface area contributed by atoms with Gasteiger partial charge in [-0.1, -0.05) is 18.2 Å². The summed E-state index contributed by atoms with van der Waals surface area (Å²) in [4.78, 5) is 2.02. The van der Waals surface area contributed by atoms with Crippen LogP contribution in [0.5, 0.6) is 0 Å². The molecule has 2 rings (SSSR count). The van der Waals surface area contributed by atoms with Crippen molar-refractivity contribution in [2.75, 3.05) is 13.1 Å². The lowest BCUT2D eigenvalue weighted by Crippen LogP contribution is -2.24. The minimum Gasteiger partial charge on any atom is -0.371 e. The van der Waals surface area contributed by atoms with E-state index in [-0.39, 0.29) is 5.56 Å². The second-order valence-corrected chi connectivity index (χ2v) is 4.40. The molecule has 3 heteroatoms. The van der Waals surface area contributed by atoms with Crippen LogP contribution in [0.2, 0.25) is 0 Å². The second kappa shape index (κ2) is 5.34. The van der Waals surface area contributed by atoms with Gasteiger partial charge in [0.25, 0.3) is 0 Å². The van der Waals surface area contributed by atoms with E-state index < -0.39 is 11.6 Å². The quantitative estimate of drug-likeness (QED) is 0.766. The van der Waals surface area contributed by atoms with Crippen LogP contribution in [0.4, 0.5) is 8.78 Å². The van der Waals surface area contributed by atoms with E-state index in [0.29, 0.717) is 5.70 Å². The van der Waals surface area contributed by atoms with E-state index in [1.165, 1.54) is 18.2 Å². The second-order valence-electron chi connectivity index (χ2n) is 4.40. The third kappa shape index (κ3) is 2.30. The predicted octanol–water partition coefficient (Wildman–Crippen LogP) is 3.98. The van der Waals surface area contributed by atoms with Crippen molar-refractivity contribution in [1.29, 1.82) is 0 Å². The first-order valence-electron chi connectivity index (χ1n) is 6.22. The van der Waals surface area contributed by atoms with Crippen LogP contribution >= 0.6 is 0 Å². The summed E-state index contributed by atoms with van der Waals surface area (Å²) >= 11 is 0. The lowest BCUT2D eigenvalue weighted by atomic mass is 10.0. The molecule has 0 radical (unpaired) electrons. The Hall–Kier alpha value is -1.64. The van der Waals surface area contributed by atoms with Gasteiger partial charge in [-0.15, -0.1) is 0 Å². The molecule has 0 unspecified atom stereocenters. The summed E-state index contributed by atoms with van der Waals surface area (Å²) in [6.07, 6.45) is 4.88. The molecule has 96 valence electrons. The Bertz CT molecular complexity index is 483. The van der Waals surface area contributed by atoms with E-state index in [0.717, 1.165) is 25.1 Å². The maximum Gasteiger partial charge on any atom is 0.135 e. The Morgan fingerprint density at radius 3 is 2.50 bits per heavy atom. The van der Waals surface area contributed by atoms with Crippen LogP contribution in [0.15, 0.2) is 35.9 Å². The summed E-state index contributed by atoms with van der Waals surface area (Å²) in [5.41, 5.74) is 1.66. The molecule has 1 aliphatic rings. The standard InChI is InChI=1S/C15H17F2N/c1-3-18-10-5-4-7-11(2)15(18)14-12(16)8-6-9-13(14)17/h4,6-9H,3,5,10H2,1-2H3. The highest BCUT2D eigenvalue weighted by molar-refractivity contribution is 5.70. The molecule has 0 saturated carbocycles. The third-order valence-electron chi connectivity index (χ3n) is 3.20. The Labute approximate surface area is 106 Å². The van der Waals surface area contributed by atoms with E-state index in [2.05, 4.69) is 0 Å². The molecular formula is C15H17F2N. The summed E-state index contributed by atoms with van der Waals surface area (Å²) in [6.45, 7) is 5.42. The van der Waals surface area contributed by atoms with Crippen molar-refractivity contribution in [3.63, 3.8) is 0 Å². The first-order valence-corrected chi connectivity index (χ1v) is 6.22. The molecule has 0 amide bonds. The van der Waals surface area contributed by atoms with Crippen LogP contribution in [0.3, 0.4) is 0 Å². The van der Waals surface area contributed by atoms with Crippen molar-refractivity contribution in [2.24, 2.45) is 0 Å². The van der Waals surface area contributed by atoms with Crippen LogP contribution in [-0.4, -0.2) is 18.0 Å². The van der Waals surface area contributed by atoms with Crippen molar-refractivity contribution in [1.82, 2.24) is 4.90 Å². The van der Waals surface area contributed by atoms with Crippen LogP contribution < -0.4 is 0 Å². The molecule has 0 bridgehead atoms. The zero-order valence-corrected chi connectivity index (χ0v) is 10.7. The maximum absolute atomic E-state index is 13.9. The van der Waals surface area contributed by atoms with Crippen molar-refractivity contribution in [3.8, 4) is 0 Å². The van der Waals surface area contributed by atoms with E-state index in [9.17, 15) is 8.78 Å². The average Bonchev–Trinajstić information content (AvgIpc) is 2.52. The van der Waals surface area contributed by atoms with Crippen molar-refractivity contribution in [2.45, 2.75) is 20.3 Å². The number of allylic oxidation sites excluding steroid dienone is 2. The smallest absolute Gasteiger partial charge is 0.135 e. The van der Waals surface area contributed by atoms with Gasteiger partial charge < -0.3 is 4.90 Å². The highest BCUT2D eigenvalue weighted by Crippen LogP contribution is 2.30. The van der Waals surface area contributed by atoms with Gasteiger partial charge in [0, 0.05) is 13.1 Å². The largest absolute Gasteiger partial charge is 0.371 e. The minimum absolute atomic E-state index is 0.0865. The van der Waals surface area contributed by atoms with Crippen molar-refractivity contribution in [3.05, 3.63) is 53.1 Å². The molecule has 1 nitrogen and oxygen atoms in total. The number of benzene rings is 1. The zero-order chi connectivity index (χ0) is 13.1.